The Morgan fingerprint density at radius 3 is 2.58 bits per heavy atom. The van der Waals surface area contributed by atoms with Crippen LogP contribution in [-0.4, -0.2) is 44.1 Å². The normalized spacial score (nSPS) is 11.3. The van der Waals surface area contributed by atoms with Crippen molar-refractivity contribution in [2.45, 2.75) is 13.8 Å². The summed E-state index contributed by atoms with van der Waals surface area (Å²) in [6, 6.07) is 7.38. The van der Waals surface area contributed by atoms with Gasteiger partial charge in [-0.15, -0.1) is 0 Å². The number of benzene rings is 1. The number of nitrogens with zero attached hydrogens (tertiary/aromatic N) is 2. The fraction of sp³-hybridized carbons (Fsp3) is 0.500. The molecule has 1 aromatic carbocycles. The summed E-state index contributed by atoms with van der Waals surface area (Å²) >= 11 is 5.82. The largest absolute Gasteiger partial charge is 0.492 e. The number of hydrogen-bond acceptors (Lipinski definition) is 2. The number of hydrogen-bond donors (Lipinski definition) is 1. The molecule has 19 heavy (non-hydrogen) atoms. The van der Waals surface area contributed by atoms with Crippen molar-refractivity contribution in [2.24, 2.45) is 4.99 Å². The van der Waals surface area contributed by atoms with Gasteiger partial charge in [-0.3, -0.25) is 4.99 Å². The Balaban J connectivity index is 2.38. The molecule has 0 aliphatic rings. The van der Waals surface area contributed by atoms with E-state index in [9.17, 15) is 0 Å². The molecular weight excluding hydrogens is 262 g/mol. The zero-order chi connectivity index (χ0) is 14.1. The van der Waals surface area contributed by atoms with Crippen LogP contribution in [-0.2, 0) is 0 Å². The lowest BCUT2D eigenvalue weighted by Crippen LogP contribution is -2.40. The summed E-state index contributed by atoms with van der Waals surface area (Å²) in [6.07, 6.45) is 0. The van der Waals surface area contributed by atoms with E-state index in [1.807, 2.05) is 38.2 Å². The third-order valence-corrected chi connectivity index (χ3v) is 2.77. The van der Waals surface area contributed by atoms with Crippen LogP contribution in [0, 0.1) is 0 Å². The average molecular weight is 284 g/mol. The minimum Gasteiger partial charge on any atom is -0.492 e. The summed E-state index contributed by atoms with van der Waals surface area (Å²) in [7, 11) is 2.00. The molecule has 0 radical (unpaired) electrons. The molecule has 0 aliphatic heterocycles. The molecule has 0 aromatic heterocycles. The van der Waals surface area contributed by atoms with Crippen molar-refractivity contribution < 1.29 is 4.74 Å². The molecule has 0 fully saturated rings. The molecule has 0 unspecified atom stereocenters. The van der Waals surface area contributed by atoms with Crippen molar-refractivity contribution in [1.29, 1.82) is 0 Å². The van der Waals surface area contributed by atoms with Gasteiger partial charge >= 0.3 is 0 Å². The molecular formula is C14H22ClN3O. The van der Waals surface area contributed by atoms with Crippen molar-refractivity contribution in [3.8, 4) is 5.75 Å². The summed E-state index contributed by atoms with van der Waals surface area (Å²) in [6.45, 7) is 7.09. The van der Waals surface area contributed by atoms with E-state index in [0.29, 0.717) is 11.6 Å². The molecule has 0 spiro atoms. The predicted octanol–water partition coefficient (Wildman–Crippen LogP) is 2.64. The van der Waals surface area contributed by atoms with Crippen LogP contribution in [0.3, 0.4) is 0 Å². The first-order chi connectivity index (χ1) is 9.17. The monoisotopic (exact) mass is 283 g/mol. The van der Waals surface area contributed by atoms with Crippen molar-refractivity contribution in [1.82, 2.24) is 10.2 Å². The number of halogens is 1. The maximum absolute atomic E-state index is 5.82. The zero-order valence-electron chi connectivity index (χ0n) is 11.8. The van der Waals surface area contributed by atoms with Gasteiger partial charge in [0.25, 0.3) is 0 Å². The second-order valence-electron chi connectivity index (χ2n) is 4.05. The number of likely N-dealkylation sites (N-methyl/N-ethyl adjacent to an activating group) is 1. The predicted molar refractivity (Wildman–Crippen MR) is 81.2 cm³/mol. The molecule has 0 amide bonds. The topological polar surface area (TPSA) is 36.9 Å². The zero-order valence-corrected chi connectivity index (χ0v) is 12.6. The van der Waals surface area contributed by atoms with Gasteiger partial charge in [-0.25, -0.2) is 0 Å². The van der Waals surface area contributed by atoms with Crippen LogP contribution >= 0.6 is 11.6 Å². The van der Waals surface area contributed by atoms with Crippen molar-refractivity contribution in [3.05, 3.63) is 29.3 Å². The van der Waals surface area contributed by atoms with Crippen LogP contribution in [0.25, 0.3) is 0 Å². The lowest BCUT2D eigenvalue weighted by molar-refractivity contribution is 0.281. The van der Waals surface area contributed by atoms with Gasteiger partial charge < -0.3 is 15.0 Å². The highest BCUT2D eigenvalue weighted by Crippen LogP contribution is 2.15. The molecule has 1 aromatic rings. The maximum Gasteiger partial charge on any atom is 0.193 e. The number of aliphatic imine (C=N–C) groups is 1. The van der Waals surface area contributed by atoms with E-state index >= 15 is 0 Å². The van der Waals surface area contributed by atoms with Gasteiger partial charge in [0, 0.05) is 25.2 Å². The van der Waals surface area contributed by atoms with E-state index in [-0.39, 0.29) is 0 Å². The molecule has 0 saturated heterocycles. The highest BCUT2D eigenvalue weighted by molar-refractivity contribution is 6.30. The number of nitrogens with one attached hydrogen (secondary N) is 1. The summed E-state index contributed by atoms with van der Waals surface area (Å²) in [5, 5.41) is 3.96. The first-order valence-corrected chi connectivity index (χ1v) is 6.93. The van der Waals surface area contributed by atoms with Crippen molar-refractivity contribution >= 4 is 17.6 Å². The maximum atomic E-state index is 5.82. The second-order valence-corrected chi connectivity index (χ2v) is 4.49. The van der Waals surface area contributed by atoms with Crippen LogP contribution < -0.4 is 10.1 Å². The highest BCUT2D eigenvalue weighted by atomic mass is 35.5. The van der Waals surface area contributed by atoms with Gasteiger partial charge in [0.05, 0.1) is 6.54 Å². The average Bonchev–Trinajstić information content (AvgIpc) is 2.40. The minimum absolute atomic E-state index is 0.603. The third kappa shape index (κ3) is 5.83. The van der Waals surface area contributed by atoms with Gasteiger partial charge in [-0.2, -0.15) is 0 Å². The highest BCUT2D eigenvalue weighted by Gasteiger charge is 2.04. The lowest BCUT2D eigenvalue weighted by Gasteiger charge is -2.21. The Bertz CT molecular complexity index is 392. The first kappa shape index (κ1) is 15.6. The summed E-state index contributed by atoms with van der Waals surface area (Å²) in [5.74, 6) is 1.74. The minimum atomic E-state index is 0.603. The molecule has 0 saturated carbocycles. The number of ether oxygens (including phenoxy) is 1. The Hall–Kier alpha value is -1.42. The summed E-state index contributed by atoms with van der Waals surface area (Å²) in [4.78, 5) is 6.47. The van der Waals surface area contributed by atoms with Gasteiger partial charge in [-0.05, 0) is 38.1 Å². The molecule has 5 heteroatoms. The van der Waals surface area contributed by atoms with E-state index in [1.54, 1.807) is 0 Å². The molecule has 0 bridgehead atoms. The second kappa shape index (κ2) is 8.64. The van der Waals surface area contributed by atoms with Gasteiger partial charge in [0.2, 0.25) is 0 Å². The fourth-order valence-corrected chi connectivity index (χ4v) is 1.68. The van der Waals surface area contributed by atoms with Gasteiger partial charge in [0.1, 0.15) is 12.4 Å². The molecule has 1 rings (SSSR count). The quantitative estimate of drug-likeness (QED) is 0.644. The smallest absolute Gasteiger partial charge is 0.193 e. The molecule has 106 valence electrons. The van der Waals surface area contributed by atoms with Crippen LogP contribution in [0.1, 0.15) is 13.8 Å². The van der Waals surface area contributed by atoms with E-state index in [0.717, 1.165) is 31.3 Å². The van der Waals surface area contributed by atoms with E-state index in [1.165, 1.54) is 0 Å². The number of rotatable bonds is 6. The lowest BCUT2D eigenvalue weighted by atomic mass is 10.3. The SMILES string of the molecule is CCN=C(NCC)N(C)CCOc1ccc(Cl)cc1. The number of guanidine groups is 1. The van der Waals surface area contributed by atoms with Gasteiger partial charge in [-0.1, -0.05) is 11.6 Å². The van der Waals surface area contributed by atoms with Gasteiger partial charge in [0.15, 0.2) is 5.96 Å². The molecule has 1 N–H and O–H groups in total. The fourth-order valence-electron chi connectivity index (χ4n) is 1.56. The molecule has 4 nitrogen and oxygen atoms in total. The summed E-state index contributed by atoms with van der Waals surface area (Å²) < 4.78 is 5.66. The third-order valence-electron chi connectivity index (χ3n) is 2.51. The van der Waals surface area contributed by atoms with Crippen LogP contribution in [0.2, 0.25) is 5.02 Å². The van der Waals surface area contributed by atoms with Crippen molar-refractivity contribution in [3.63, 3.8) is 0 Å². The van der Waals surface area contributed by atoms with Crippen LogP contribution in [0.15, 0.2) is 29.3 Å². The molecule has 0 heterocycles. The Kier molecular flexibility index (Phi) is 7.11. The van der Waals surface area contributed by atoms with E-state index in [2.05, 4.69) is 22.1 Å². The van der Waals surface area contributed by atoms with E-state index < -0.39 is 0 Å². The Morgan fingerprint density at radius 1 is 1.32 bits per heavy atom. The van der Waals surface area contributed by atoms with Crippen LogP contribution in [0.4, 0.5) is 0 Å². The first-order valence-electron chi connectivity index (χ1n) is 6.55. The molecule has 0 aliphatic carbocycles. The molecule has 0 atom stereocenters. The standard InChI is InChI=1S/C14H22ClN3O/c1-4-16-14(17-5-2)18(3)10-11-19-13-8-6-12(15)7-9-13/h6-9H,4-5,10-11H2,1-3H3,(H,16,17). The van der Waals surface area contributed by atoms with Crippen LogP contribution in [0.5, 0.6) is 5.75 Å². The van der Waals surface area contributed by atoms with Crippen molar-refractivity contribution in [2.75, 3.05) is 33.3 Å². The Morgan fingerprint density at radius 2 is 2.00 bits per heavy atom. The van der Waals surface area contributed by atoms with E-state index in [4.69, 9.17) is 16.3 Å². The summed E-state index contributed by atoms with van der Waals surface area (Å²) in [5.41, 5.74) is 0. The Labute approximate surface area is 120 Å².